The van der Waals surface area contributed by atoms with Crippen LogP contribution in [0.2, 0.25) is 0 Å². The maximum absolute atomic E-state index is 13.7. The van der Waals surface area contributed by atoms with E-state index in [1.807, 2.05) is 18.2 Å². The topological polar surface area (TPSA) is 56.3 Å². The third-order valence-electron chi connectivity index (χ3n) is 3.49. The summed E-state index contributed by atoms with van der Waals surface area (Å²) >= 11 is 0. The monoisotopic (exact) mass is 262 g/mol. The van der Waals surface area contributed by atoms with Crippen LogP contribution in [0.3, 0.4) is 0 Å². The fourth-order valence-electron chi connectivity index (χ4n) is 2.31. The molecule has 0 saturated carbocycles. The van der Waals surface area contributed by atoms with E-state index in [1.165, 1.54) is 6.07 Å². The summed E-state index contributed by atoms with van der Waals surface area (Å²) in [5.74, 6) is -0.164. The average molecular weight is 262 g/mol. The van der Waals surface area contributed by atoms with E-state index in [4.69, 9.17) is 11.0 Å². The lowest BCUT2D eigenvalue weighted by Gasteiger charge is -2.36. The fraction of sp³-hybridized carbons (Fsp3) is 0.500. The van der Waals surface area contributed by atoms with Crippen LogP contribution >= 0.6 is 0 Å². The van der Waals surface area contributed by atoms with E-state index in [0.717, 1.165) is 32.7 Å². The first-order chi connectivity index (χ1) is 9.20. The number of halogens is 1. The van der Waals surface area contributed by atoms with Crippen molar-refractivity contribution in [3.63, 3.8) is 0 Å². The van der Waals surface area contributed by atoms with Crippen molar-refractivity contribution in [3.8, 4) is 6.07 Å². The number of nitriles is 1. The van der Waals surface area contributed by atoms with E-state index < -0.39 is 0 Å². The number of benzene rings is 1. The highest BCUT2D eigenvalue weighted by molar-refractivity contribution is 5.47. The molecule has 102 valence electrons. The second-order valence-electron chi connectivity index (χ2n) is 4.80. The van der Waals surface area contributed by atoms with Gasteiger partial charge >= 0.3 is 0 Å². The zero-order valence-electron chi connectivity index (χ0n) is 10.9. The molecule has 0 bridgehead atoms. The van der Waals surface area contributed by atoms with Crippen molar-refractivity contribution >= 4 is 5.69 Å². The molecule has 1 aliphatic rings. The van der Waals surface area contributed by atoms with Crippen LogP contribution in [0.25, 0.3) is 0 Å². The van der Waals surface area contributed by atoms with Gasteiger partial charge in [-0.25, -0.2) is 4.39 Å². The van der Waals surface area contributed by atoms with Gasteiger partial charge in [-0.3, -0.25) is 4.90 Å². The molecule has 0 spiro atoms. The Balaban J connectivity index is 1.83. The van der Waals surface area contributed by atoms with Crippen molar-refractivity contribution in [2.75, 3.05) is 37.6 Å². The SMILES string of the molecule is N#CC(N)CCN1CCN(c2ccccc2F)CC1. The van der Waals surface area contributed by atoms with Gasteiger partial charge in [0.1, 0.15) is 5.82 Å². The van der Waals surface area contributed by atoms with Crippen LogP contribution in [0.5, 0.6) is 0 Å². The van der Waals surface area contributed by atoms with Crippen LogP contribution in [0, 0.1) is 17.1 Å². The average Bonchev–Trinajstić information content (AvgIpc) is 2.46. The molecule has 19 heavy (non-hydrogen) atoms. The van der Waals surface area contributed by atoms with Gasteiger partial charge in [0.15, 0.2) is 0 Å². The van der Waals surface area contributed by atoms with Crippen LogP contribution in [0.1, 0.15) is 6.42 Å². The zero-order valence-corrected chi connectivity index (χ0v) is 10.9. The largest absolute Gasteiger partial charge is 0.367 e. The Labute approximate surface area is 113 Å². The van der Waals surface area contributed by atoms with E-state index in [-0.39, 0.29) is 11.9 Å². The first-order valence-corrected chi connectivity index (χ1v) is 6.57. The van der Waals surface area contributed by atoms with Crippen LogP contribution in [-0.4, -0.2) is 43.7 Å². The smallest absolute Gasteiger partial charge is 0.146 e. The van der Waals surface area contributed by atoms with Gasteiger partial charge in [0.2, 0.25) is 0 Å². The van der Waals surface area contributed by atoms with Gasteiger partial charge in [0.05, 0.1) is 17.8 Å². The van der Waals surface area contributed by atoms with Gasteiger partial charge in [-0.1, -0.05) is 12.1 Å². The first kappa shape index (κ1) is 13.8. The molecule has 1 aromatic carbocycles. The van der Waals surface area contributed by atoms with Crippen LogP contribution < -0.4 is 10.6 Å². The van der Waals surface area contributed by atoms with Crippen LogP contribution in [-0.2, 0) is 0 Å². The second kappa shape index (κ2) is 6.50. The molecule has 2 rings (SSSR count). The molecule has 2 N–H and O–H groups in total. The molecule has 5 heteroatoms. The van der Waals surface area contributed by atoms with E-state index in [0.29, 0.717) is 12.1 Å². The molecule has 0 aliphatic carbocycles. The van der Waals surface area contributed by atoms with Crippen molar-refractivity contribution in [1.29, 1.82) is 5.26 Å². The lowest BCUT2D eigenvalue weighted by Crippen LogP contribution is -2.47. The molecule has 1 atom stereocenters. The summed E-state index contributed by atoms with van der Waals surface area (Å²) in [7, 11) is 0. The second-order valence-corrected chi connectivity index (χ2v) is 4.80. The molecule has 1 aliphatic heterocycles. The molecule has 0 aromatic heterocycles. The number of nitrogens with two attached hydrogens (primary N) is 1. The van der Waals surface area contributed by atoms with Crippen LogP contribution in [0.4, 0.5) is 10.1 Å². The van der Waals surface area contributed by atoms with Crippen molar-refractivity contribution in [2.45, 2.75) is 12.5 Å². The summed E-state index contributed by atoms with van der Waals surface area (Å²) in [4.78, 5) is 4.34. The standard InChI is InChI=1S/C14H19FN4/c15-13-3-1-2-4-14(13)19-9-7-18(8-10-19)6-5-12(17)11-16/h1-4,12H,5-10,17H2. The molecule has 1 saturated heterocycles. The van der Waals surface area contributed by atoms with Gasteiger partial charge < -0.3 is 10.6 Å². The predicted molar refractivity (Wildman–Crippen MR) is 73.3 cm³/mol. The first-order valence-electron chi connectivity index (χ1n) is 6.57. The molecule has 1 unspecified atom stereocenters. The normalized spacial score (nSPS) is 18.1. The van der Waals surface area contributed by atoms with E-state index in [2.05, 4.69) is 9.80 Å². The number of piperazine rings is 1. The van der Waals surface area contributed by atoms with E-state index in [1.54, 1.807) is 6.07 Å². The molecular formula is C14H19FN4. The minimum Gasteiger partial charge on any atom is -0.367 e. The third kappa shape index (κ3) is 3.66. The maximum atomic E-state index is 13.7. The van der Waals surface area contributed by atoms with Gasteiger partial charge in [0.25, 0.3) is 0 Å². The Hall–Kier alpha value is -1.64. The quantitative estimate of drug-likeness (QED) is 0.885. The molecular weight excluding hydrogens is 243 g/mol. The van der Waals surface area contributed by atoms with Gasteiger partial charge in [0, 0.05) is 32.7 Å². The molecule has 0 radical (unpaired) electrons. The van der Waals surface area contributed by atoms with E-state index in [9.17, 15) is 4.39 Å². The molecule has 0 amide bonds. The Morgan fingerprint density at radius 2 is 1.95 bits per heavy atom. The molecule has 4 nitrogen and oxygen atoms in total. The van der Waals surface area contributed by atoms with Crippen molar-refractivity contribution in [1.82, 2.24) is 4.90 Å². The fourth-order valence-corrected chi connectivity index (χ4v) is 2.31. The number of hydrogen-bond donors (Lipinski definition) is 1. The summed E-state index contributed by atoms with van der Waals surface area (Å²) in [6, 6.07) is 8.53. The zero-order chi connectivity index (χ0) is 13.7. The Bertz CT molecular complexity index is 449. The van der Waals surface area contributed by atoms with Crippen LogP contribution in [0.15, 0.2) is 24.3 Å². The molecule has 1 aromatic rings. The van der Waals surface area contributed by atoms with Crippen molar-refractivity contribution < 1.29 is 4.39 Å². The van der Waals surface area contributed by atoms with Crippen molar-refractivity contribution in [3.05, 3.63) is 30.1 Å². The molecule has 1 fully saturated rings. The predicted octanol–water partition coefficient (Wildman–Crippen LogP) is 1.19. The highest BCUT2D eigenvalue weighted by atomic mass is 19.1. The van der Waals surface area contributed by atoms with Crippen molar-refractivity contribution in [2.24, 2.45) is 5.73 Å². The summed E-state index contributed by atoms with van der Waals surface area (Å²) in [5.41, 5.74) is 6.26. The van der Waals surface area contributed by atoms with Gasteiger partial charge in [-0.2, -0.15) is 5.26 Å². The highest BCUT2D eigenvalue weighted by Gasteiger charge is 2.19. The third-order valence-corrected chi connectivity index (χ3v) is 3.49. The number of anilines is 1. The number of rotatable bonds is 4. The highest BCUT2D eigenvalue weighted by Crippen LogP contribution is 2.20. The number of hydrogen-bond acceptors (Lipinski definition) is 4. The summed E-state index contributed by atoms with van der Waals surface area (Å²) < 4.78 is 13.7. The lowest BCUT2D eigenvalue weighted by molar-refractivity contribution is 0.252. The maximum Gasteiger partial charge on any atom is 0.146 e. The Morgan fingerprint density at radius 3 is 2.58 bits per heavy atom. The molecule has 1 heterocycles. The number of nitrogens with zero attached hydrogens (tertiary/aromatic N) is 3. The summed E-state index contributed by atoms with van der Waals surface area (Å²) in [6.45, 7) is 4.21. The minimum atomic E-state index is -0.385. The Kier molecular flexibility index (Phi) is 4.72. The van der Waals surface area contributed by atoms with Gasteiger partial charge in [-0.05, 0) is 18.6 Å². The van der Waals surface area contributed by atoms with Gasteiger partial charge in [-0.15, -0.1) is 0 Å². The van der Waals surface area contributed by atoms with E-state index >= 15 is 0 Å². The lowest BCUT2D eigenvalue weighted by atomic mass is 10.2. The number of para-hydroxylation sites is 1. The summed E-state index contributed by atoms with van der Waals surface area (Å²) in [5, 5.41) is 8.64. The minimum absolute atomic E-state index is 0.164. The Morgan fingerprint density at radius 1 is 1.26 bits per heavy atom. The summed E-state index contributed by atoms with van der Waals surface area (Å²) in [6.07, 6.45) is 0.691.